The highest BCUT2D eigenvalue weighted by molar-refractivity contribution is 6.09. The van der Waals surface area contributed by atoms with Gasteiger partial charge in [-0.15, -0.1) is 0 Å². The van der Waals surface area contributed by atoms with Crippen LogP contribution in [-0.2, 0) is 0 Å². The molecule has 0 bridgehead atoms. The number of nitrogens with zero attached hydrogens (tertiary/aromatic N) is 2. The van der Waals surface area contributed by atoms with Gasteiger partial charge in [-0.25, -0.2) is 4.98 Å². The highest BCUT2D eigenvalue weighted by Crippen LogP contribution is 2.30. The second-order valence-electron chi connectivity index (χ2n) is 6.02. The van der Waals surface area contributed by atoms with E-state index >= 15 is 0 Å². The fourth-order valence-electron chi connectivity index (χ4n) is 2.79. The highest BCUT2D eigenvalue weighted by atomic mass is 16.5. The second-order valence-corrected chi connectivity index (χ2v) is 6.02. The van der Waals surface area contributed by atoms with Crippen LogP contribution in [0.1, 0.15) is 34.5 Å². The zero-order chi connectivity index (χ0) is 20.1. The molecule has 0 aliphatic rings. The van der Waals surface area contributed by atoms with Gasteiger partial charge in [-0.05, 0) is 30.7 Å². The molecule has 0 saturated heterocycles. The molecule has 0 saturated carbocycles. The third-order valence-corrected chi connectivity index (χ3v) is 4.14. The predicted molar refractivity (Wildman–Crippen MR) is 105 cm³/mol. The first kappa shape index (κ1) is 19.2. The number of fused-ring (bicyclic) bond motifs is 1. The average Bonchev–Trinajstić information content (AvgIpc) is 3.12. The lowest BCUT2D eigenvalue weighted by Crippen LogP contribution is -2.26. The summed E-state index contributed by atoms with van der Waals surface area (Å²) in [5, 5.41) is 5.58. The molecule has 2 amide bonds. The fourth-order valence-corrected chi connectivity index (χ4v) is 2.79. The van der Waals surface area contributed by atoms with Crippen molar-refractivity contribution in [3.05, 3.63) is 54.1 Å². The minimum atomic E-state index is -0.425. The van der Waals surface area contributed by atoms with E-state index in [4.69, 9.17) is 9.47 Å². The van der Waals surface area contributed by atoms with E-state index < -0.39 is 5.91 Å². The number of rotatable bonds is 7. The van der Waals surface area contributed by atoms with Crippen LogP contribution >= 0.6 is 0 Å². The predicted octanol–water partition coefficient (Wildman–Crippen LogP) is 2.74. The van der Waals surface area contributed by atoms with Crippen molar-refractivity contribution in [1.29, 1.82) is 0 Å². The van der Waals surface area contributed by atoms with Gasteiger partial charge in [0.15, 0.2) is 17.2 Å². The van der Waals surface area contributed by atoms with Gasteiger partial charge in [-0.2, -0.15) is 0 Å². The molecule has 2 N–H and O–H groups in total. The van der Waals surface area contributed by atoms with Crippen molar-refractivity contribution in [3.8, 4) is 11.5 Å². The van der Waals surface area contributed by atoms with Gasteiger partial charge in [-0.3, -0.25) is 14.0 Å². The second kappa shape index (κ2) is 8.43. The van der Waals surface area contributed by atoms with Crippen LogP contribution in [0.5, 0.6) is 11.5 Å². The Morgan fingerprint density at radius 2 is 1.86 bits per heavy atom. The summed E-state index contributed by atoms with van der Waals surface area (Å²) in [6, 6.07) is 10.4. The van der Waals surface area contributed by atoms with E-state index in [1.807, 2.05) is 6.92 Å². The number of benzene rings is 1. The summed E-state index contributed by atoms with van der Waals surface area (Å²) in [6.07, 6.45) is 2.51. The summed E-state index contributed by atoms with van der Waals surface area (Å²) in [5.74, 6) is 0.470. The Bertz CT molecular complexity index is 1010. The van der Waals surface area contributed by atoms with Crippen molar-refractivity contribution < 1.29 is 19.1 Å². The Balaban J connectivity index is 1.93. The third-order valence-electron chi connectivity index (χ3n) is 4.14. The van der Waals surface area contributed by atoms with Gasteiger partial charge in [0.1, 0.15) is 0 Å². The Morgan fingerprint density at radius 3 is 2.57 bits per heavy atom. The maximum absolute atomic E-state index is 12.8. The van der Waals surface area contributed by atoms with Crippen LogP contribution in [0.25, 0.3) is 5.52 Å². The van der Waals surface area contributed by atoms with E-state index in [0.29, 0.717) is 29.2 Å². The number of carbonyl (C=O) groups excluding carboxylic acids is 2. The molecular weight excluding hydrogens is 360 g/mol. The van der Waals surface area contributed by atoms with E-state index in [1.54, 1.807) is 54.1 Å². The van der Waals surface area contributed by atoms with Crippen LogP contribution in [0.4, 0.5) is 5.69 Å². The fraction of sp³-hybridized carbons (Fsp3) is 0.250. The zero-order valence-electron chi connectivity index (χ0n) is 16.0. The minimum Gasteiger partial charge on any atom is -0.493 e. The zero-order valence-corrected chi connectivity index (χ0v) is 16.0. The molecular formula is C20H22N4O4. The van der Waals surface area contributed by atoms with Gasteiger partial charge in [0.2, 0.25) is 5.82 Å². The number of amides is 2. The summed E-state index contributed by atoms with van der Waals surface area (Å²) >= 11 is 0. The van der Waals surface area contributed by atoms with Gasteiger partial charge in [0.25, 0.3) is 11.8 Å². The number of anilines is 1. The van der Waals surface area contributed by atoms with Crippen molar-refractivity contribution in [2.45, 2.75) is 13.3 Å². The lowest BCUT2D eigenvalue weighted by molar-refractivity contribution is 0.0942. The number of hydrogen-bond acceptors (Lipinski definition) is 5. The molecule has 0 aliphatic heterocycles. The van der Waals surface area contributed by atoms with Crippen LogP contribution in [0.3, 0.4) is 0 Å². The molecule has 28 heavy (non-hydrogen) atoms. The molecule has 0 spiro atoms. The van der Waals surface area contributed by atoms with Gasteiger partial charge in [-0.1, -0.05) is 13.0 Å². The minimum absolute atomic E-state index is 0.164. The molecule has 2 aromatic heterocycles. The summed E-state index contributed by atoms with van der Waals surface area (Å²) in [7, 11) is 3.06. The first-order chi connectivity index (χ1) is 13.6. The van der Waals surface area contributed by atoms with Crippen LogP contribution in [-0.4, -0.2) is 42.0 Å². The molecule has 0 fully saturated rings. The van der Waals surface area contributed by atoms with Crippen molar-refractivity contribution in [2.75, 3.05) is 26.1 Å². The summed E-state index contributed by atoms with van der Waals surface area (Å²) in [4.78, 5) is 29.5. The SMILES string of the molecule is CCCNC(=O)c1nc(C(=O)Nc2ccc(OC)c(OC)c2)c2ccccn12. The van der Waals surface area contributed by atoms with Crippen LogP contribution < -0.4 is 20.1 Å². The number of pyridine rings is 1. The molecule has 0 radical (unpaired) electrons. The molecule has 146 valence electrons. The molecule has 0 aliphatic carbocycles. The van der Waals surface area contributed by atoms with Crippen molar-refractivity contribution in [1.82, 2.24) is 14.7 Å². The number of hydrogen-bond donors (Lipinski definition) is 2. The normalized spacial score (nSPS) is 10.5. The molecule has 2 heterocycles. The molecule has 3 rings (SSSR count). The van der Waals surface area contributed by atoms with Gasteiger partial charge >= 0.3 is 0 Å². The third kappa shape index (κ3) is 3.75. The van der Waals surface area contributed by atoms with Crippen LogP contribution in [0.2, 0.25) is 0 Å². The number of methoxy groups -OCH3 is 2. The molecule has 1 aromatic carbocycles. The van der Waals surface area contributed by atoms with E-state index in [-0.39, 0.29) is 17.4 Å². The van der Waals surface area contributed by atoms with E-state index in [2.05, 4.69) is 15.6 Å². The van der Waals surface area contributed by atoms with E-state index in [1.165, 1.54) is 7.11 Å². The lowest BCUT2D eigenvalue weighted by Gasteiger charge is -2.10. The van der Waals surface area contributed by atoms with E-state index in [0.717, 1.165) is 6.42 Å². The maximum Gasteiger partial charge on any atom is 0.287 e. The van der Waals surface area contributed by atoms with Crippen molar-refractivity contribution >= 4 is 23.0 Å². The van der Waals surface area contributed by atoms with Crippen LogP contribution in [0, 0.1) is 0 Å². The number of nitrogens with one attached hydrogen (secondary N) is 2. The summed E-state index contributed by atoms with van der Waals surface area (Å²) in [5.41, 5.74) is 1.23. The van der Waals surface area contributed by atoms with Gasteiger partial charge < -0.3 is 20.1 Å². The van der Waals surface area contributed by atoms with Crippen molar-refractivity contribution in [3.63, 3.8) is 0 Å². The number of imidazole rings is 1. The molecule has 0 atom stereocenters. The quantitative estimate of drug-likeness (QED) is 0.655. The standard InChI is InChI=1S/C20H22N4O4/c1-4-10-21-20(26)18-23-17(14-7-5-6-11-24(14)18)19(25)22-13-8-9-15(27-2)16(12-13)28-3/h5-9,11-12H,4,10H2,1-3H3,(H,21,26)(H,22,25). The average molecular weight is 382 g/mol. The molecule has 0 unspecified atom stereocenters. The highest BCUT2D eigenvalue weighted by Gasteiger charge is 2.21. The summed E-state index contributed by atoms with van der Waals surface area (Å²) in [6.45, 7) is 2.50. The Morgan fingerprint density at radius 1 is 1.07 bits per heavy atom. The Kier molecular flexibility index (Phi) is 5.78. The summed E-state index contributed by atoms with van der Waals surface area (Å²) < 4.78 is 12.1. The maximum atomic E-state index is 12.8. The first-order valence-corrected chi connectivity index (χ1v) is 8.87. The topological polar surface area (TPSA) is 94.0 Å². The number of carbonyl (C=O) groups is 2. The van der Waals surface area contributed by atoms with Gasteiger partial charge in [0, 0.05) is 24.5 Å². The molecule has 3 aromatic rings. The van der Waals surface area contributed by atoms with E-state index in [9.17, 15) is 9.59 Å². The molecule has 8 heteroatoms. The lowest BCUT2D eigenvalue weighted by atomic mass is 10.2. The Hall–Kier alpha value is -3.55. The largest absolute Gasteiger partial charge is 0.493 e. The van der Waals surface area contributed by atoms with Gasteiger partial charge in [0.05, 0.1) is 19.7 Å². The number of ether oxygens (including phenoxy) is 2. The monoisotopic (exact) mass is 382 g/mol. The van der Waals surface area contributed by atoms with Crippen LogP contribution in [0.15, 0.2) is 42.6 Å². The van der Waals surface area contributed by atoms with Crippen molar-refractivity contribution in [2.24, 2.45) is 0 Å². The molecule has 8 nitrogen and oxygen atoms in total. The number of aromatic nitrogens is 2. The first-order valence-electron chi connectivity index (χ1n) is 8.87. The smallest absolute Gasteiger partial charge is 0.287 e. The Labute approximate surface area is 162 Å².